The first-order chi connectivity index (χ1) is 10.5. The Morgan fingerprint density at radius 1 is 1.18 bits per heavy atom. The number of hydrogen-bond acceptors (Lipinski definition) is 2. The minimum absolute atomic E-state index is 0.191. The number of rotatable bonds is 2. The van der Waals surface area contributed by atoms with Gasteiger partial charge in [0.15, 0.2) is 12.0 Å². The molecule has 0 amide bonds. The zero-order chi connectivity index (χ0) is 15.1. The van der Waals surface area contributed by atoms with Gasteiger partial charge in [0.05, 0.1) is 11.6 Å². The lowest BCUT2D eigenvalue weighted by Gasteiger charge is -2.64. The maximum absolute atomic E-state index is 14.3. The average molecular weight is 303 g/mol. The van der Waals surface area contributed by atoms with Crippen molar-refractivity contribution in [2.24, 2.45) is 0 Å². The van der Waals surface area contributed by atoms with Gasteiger partial charge in [-0.3, -0.25) is 4.57 Å². The Bertz CT molecular complexity index is 806. The third-order valence-corrected chi connectivity index (χ3v) is 5.43. The predicted octanol–water partition coefficient (Wildman–Crippen LogP) is 2.65. The normalized spacial score (nSPS) is 38.3. The molecule has 3 fully saturated rings. The highest BCUT2D eigenvalue weighted by Gasteiger charge is 2.72. The molecule has 2 bridgehead atoms. The molecule has 3 saturated carbocycles. The Morgan fingerprint density at radius 2 is 1.86 bits per heavy atom. The van der Waals surface area contributed by atoms with Crippen LogP contribution >= 0.6 is 0 Å². The number of alkyl halides is 2. The van der Waals surface area contributed by atoms with Gasteiger partial charge in [0.1, 0.15) is 5.67 Å². The van der Waals surface area contributed by atoms with E-state index in [1.54, 1.807) is 0 Å². The summed E-state index contributed by atoms with van der Waals surface area (Å²) in [6.45, 7) is 0. The Kier molecular flexibility index (Phi) is 2.09. The Hall–Kier alpha value is -1.98. The molecule has 114 valence electrons. The van der Waals surface area contributed by atoms with Crippen LogP contribution in [0.1, 0.15) is 49.3 Å². The molecule has 0 radical (unpaired) electrons. The summed E-state index contributed by atoms with van der Waals surface area (Å²) >= 11 is 0. The Labute approximate surface area is 125 Å². The predicted molar refractivity (Wildman–Crippen MR) is 75.2 cm³/mol. The summed E-state index contributed by atoms with van der Waals surface area (Å²) < 4.78 is 30.9. The van der Waals surface area contributed by atoms with Crippen LogP contribution in [0.25, 0.3) is 0 Å². The van der Waals surface area contributed by atoms with E-state index in [1.807, 2.05) is 30.3 Å². The molecule has 6 rings (SSSR count). The van der Waals surface area contributed by atoms with E-state index < -0.39 is 17.4 Å². The molecule has 1 unspecified atom stereocenters. The minimum atomic E-state index is -1.24. The maximum Gasteiger partial charge on any atom is 0.347 e. The minimum Gasteiger partial charge on any atom is -0.269 e. The van der Waals surface area contributed by atoms with E-state index in [1.165, 1.54) is 9.25 Å². The van der Waals surface area contributed by atoms with E-state index in [2.05, 4.69) is 5.10 Å². The third-order valence-electron chi connectivity index (χ3n) is 5.43. The summed E-state index contributed by atoms with van der Waals surface area (Å²) in [6, 6.07) is 9.12. The number of benzene rings is 1. The summed E-state index contributed by atoms with van der Waals surface area (Å²) in [5.41, 5.74) is -0.998. The summed E-state index contributed by atoms with van der Waals surface area (Å²) in [5.74, 6) is 0.191. The van der Waals surface area contributed by atoms with Crippen LogP contribution in [0, 0.1) is 0 Å². The average Bonchev–Trinajstić information content (AvgIpc) is 2.95. The fourth-order valence-electron chi connectivity index (χ4n) is 4.41. The molecule has 0 N–H and O–H groups in total. The lowest BCUT2D eigenvalue weighted by atomic mass is 9.47. The van der Waals surface area contributed by atoms with Crippen molar-refractivity contribution < 1.29 is 8.78 Å². The van der Waals surface area contributed by atoms with Gasteiger partial charge in [0.25, 0.3) is 0 Å². The van der Waals surface area contributed by atoms with Gasteiger partial charge in [-0.2, -0.15) is 5.10 Å². The molecule has 1 aromatic carbocycles. The highest BCUT2D eigenvalue weighted by atomic mass is 19.1. The second kappa shape index (κ2) is 3.67. The van der Waals surface area contributed by atoms with Gasteiger partial charge in [0, 0.05) is 25.7 Å². The molecule has 0 saturated heterocycles. The highest BCUT2D eigenvalue weighted by Crippen LogP contribution is 2.67. The van der Waals surface area contributed by atoms with E-state index in [9.17, 15) is 13.6 Å². The number of aromatic nitrogens is 3. The first-order valence-corrected chi connectivity index (χ1v) is 7.61. The standard InChI is InChI=1S/C16H15F2N3O/c17-11-6-12(10-4-2-1-3-5-10)20-13(11)19-21(14(20)22)16-7-15(18,8-16)9-16/h1-5,11-12H,6-9H2/t11?,12-,15?,16?/m0/s1. The van der Waals surface area contributed by atoms with Crippen LogP contribution in [0.4, 0.5) is 8.78 Å². The fourth-order valence-corrected chi connectivity index (χ4v) is 4.41. The molecule has 0 spiro atoms. The second-order valence-electron chi connectivity index (χ2n) is 6.96. The molecule has 3 aliphatic carbocycles. The molecule has 6 heteroatoms. The second-order valence-corrected chi connectivity index (χ2v) is 6.96. The molecule has 4 aliphatic rings. The van der Waals surface area contributed by atoms with Gasteiger partial charge in [-0.1, -0.05) is 30.3 Å². The van der Waals surface area contributed by atoms with Crippen molar-refractivity contribution in [1.29, 1.82) is 0 Å². The van der Waals surface area contributed by atoms with Crippen molar-refractivity contribution in [3.63, 3.8) is 0 Å². The van der Waals surface area contributed by atoms with Crippen LogP contribution in [-0.4, -0.2) is 20.0 Å². The summed E-state index contributed by atoms with van der Waals surface area (Å²) in [6.07, 6.45) is 0.00385. The lowest BCUT2D eigenvalue weighted by Crippen LogP contribution is -2.72. The van der Waals surface area contributed by atoms with Gasteiger partial charge in [-0.05, 0) is 5.56 Å². The van der Waals surface area contributed by atoms with Gasteiger partial charge in [-0.25, -0.2) is 18.3 Å². The lowest BCUT2D eigenvalue weighted by molar-refractivity contribution is -0.205. The molecule has 4 nitrogen and oxygen atoms in total. The van der Waals surface area contributed by atoms with Crippen molar-refractivity contribution in [2.75, 3.05) is 0 Å². The molecular formula is C16H15F2N3O. The molecule has 22 heavy (non-hydrogen) atoms. The Balaban J connectivity index is 1.62. The molecule has 2 heterocycles. The SMILES string of the molecule is O=c1n(C23CC(F)(C2)C3)nc2n1[C@H](c1ccccc1)CC2F. The Morgan fingerprint density at radius 3 is 2.50 bits per heavy atom. The number of nitrogens with zero attached hydrogens (tertiary/aromatic N) is 3. The van der Waals surface area contributed by atoms with E-state index in [0.29, 0.717) is 19.3 Å². The van der Waals surface area contributed by atoms with Crippen LogP contribution in [0.15, 0.2) is 35.1 Å². The molecule has 1 aliphatic heterocycles. The zero-order valence-corrected chi connectivity index (χ0v) is 11.9. The van der Waals surface area contributed by atoms with Crippen LogP contribution in [0.3, 0.4) is 0 Å². The van der Waals surface area contributed by atoms with Crippen molar-refractivity contribution >= 4 is 0 Å². The summed E-state index contributed by atoms with van der Waals surface area (Å²) in [4.78, 5) is 12.7. The van der Waals surface area contributed by atoms with Crippen LogP contribution in [0.2, 0.25) is 0 Å². The highest BCUT2D eigenvalue weighted by molar-refractivity contribution is 5.26. The number of fused-ring (bicyclic) bond motifs is 1. The molecular weight excluding hydrogens is 288 g/mol. The first-order valence-electron chi connectivity index (χ1n) is 7.61. The maximum atomic E-state index is 14.3. The van der Waals surface area contributed by atoms with E-state index in [4.69, 9.17) is 0 Å². The quantitative estimate of drug-likeness (QED) is 0.855. The zero-order valence-electron chi connectivity index (χ0n) is 11.9. The van der Waals surface area contributed by atoms with Crippen molar-refractivity contribution in [2.45, 2.75) is 49.1 Å². The van der Waals surface area contributed by atoms with Gasteiger partial charge >= 0.3 is 5.69 Å². The smallest absolute Gasteiger partial charge is 0.269 e. The molecule has 1 aromatic heterocycles. The van der Waals surface area contributed by atoms with Gasteiger partial charge < -0.3 is 0 Å². The van der Waals surface area contributed by atoms with Crippen LogP contribution in [-0.2, 0) is 5.54 Å². The largest absolute Gasteiger partial charge is 0.347 e. The van der Waals surface area contributed by atoms with Crippen molar-refractivity contribution in [3.8, 4) is 0 Å². The van der Waals surface area contributed by atoms with E-state index in [-0.39, 0.29) is 24.0 Å². The number of hydrogen-bond donors (Lipinski definition) is 0. The summed E-state index contributed by atoms with van der Waals surface area (Å²) in [7, 11) is 0. The van der Waals surface area contributed by atoms with Gasteiger partial charge in [0.2, 0.25) is 0 Å². The van der Waals surface area contributed by atoms with Crippen molar-refractivity contribution in [3.05, 3.63) is 52.2 Å². The first kappa shape index (κ1) is 12.6. The van der Waals surface area contributed by atoms with E-state index in [0.717, 1.165) is 5.56 Å². The molecule has 2 atom stereocenters. The third kappa shape index (κ3) is 1.36. The number of halogens is 2. The molecule has 2 aromatic rings. The fraction of sp³-hybridized carbons (Fsp3) is 0.500. The van der Waals surface area contributed by atoms with Crippen LogP contribution < -0.4 is 5.69 Å². The van der Waals surface area contributed by atoms with E-state index >= 15 is 0 Å². The topological polar surface area (TPSA) is 39.8 Å². The van der Waals surface area contributed by atoms with Crippen LogP contribution in [0.5, 0.6) is 0 Å². The van der Waals surface area contributed by atoms with Crippen molar-refractivity contribution in [1.82, 2.24) is 14.3 Å². The summed E-state index contributed by atoms with van der Waals surface area (Å²) in [5, 5.41) is 4.24. The monoisotopic (exact) mass is 303 g/mol. The van der Waals surface area contributed by atoms with Gasteiger partial charge in [-0.15, -0.1) is 0 Å².